The predicted octanol–water partition coefficient (Wildman–Crippen LogP) is 8.11. The first-order valence-electron chi connectivity index (χ1n) is 12.3. The highest BCUT2D eigenvalue weighted by Crippen LogP contribution is 2.40. The number of aromatic amines is 1. The number of imidazole rings is 1. The number of hydrogen-bond acceptors (Lipinski definition) is 2. The Kier molecular flexibility index (Phi) is 3.77. The lowest BCUT2D eigenvalue weighted by Crippen LogP contribution is -1.94. The molecule has 4 heterocycles. The number of nitrogens with zero attached hydrogens (tertiary/aromatic N) is 3. The van der Waals surface area contributed by atoms with E-state index >= 15 is 0 Å². The van der Waals surface area contributed by atoms with Crippen LogP contribution in [0, 0.1) is 13.8 Å². The molecule has 0 aliphatic carbocycles. The molecule has 0 radical (unpaired) electrons. The maximum Gasteiger partial charge on any atom is 0.147 e. The molecular formula is C32H22N4. The molecular weight excluding hydrogens is 440 g/mol. The van der Waals surface area contributed by atoms with E-state index in [1.54, 1.807) is 0 Å². The van der Waals surface area contributed by atoms with Gasteiger partial charge in [-0.25, -0.2) is 9.97 Å². The average molecular weight is 463 g/mol. The largest absolute Gasteiger partial charge is 0.354 e. The Balaban J connectivity index is 1.55. The van der Waals surface area contributed by atoms with E-state index in [1.165, 1.54) is 38.4 Å². The van der Waals surface area contributed by atoms with E-state index in [9.17, 15) is 0 Å². The van der Waals surface area contributed by atoms with Crippen LogP contribution in [0.15, 0.2) is 91.1 Å². The Labute approximate surface area is 206 Å². The second-order valence-electron chi connectivity index (χ2n) is 9.70. The standard InChI is InChI=1S/C32H22N4/c1-18-8-3-4-9-20(18)24-17-27-25(16-19(24)2)21-13-14-23-29(30(21)34-27)22-10-7-15-33-31(22)36-28-12-6-5-11-26(28)35-32(23)36/h3-17,34H,1-2H3. The monoisotopic (exact) mass is 462 g/mol. The highest BCUT2D eigenvalue weighted by Gasteiger charge is 2.18. The molecule has 0 amide bonds. The number of fused-ring (bicyclic) bond motifs is 12. The van der Waals surface area contributed by atoms with Gasteiger partial charge in [0, 0.05) is 38.6 Å². The van der Waals surface area contributed by atoms with Gasteiger partial charge in [-0.2, -0.15) is 0 Å². The Bertz CT molecular complexity index is 2180. The second kappa shape index (κ2) is 6.92. The van der Waals surface area contributed by atoms with Crippen molar-refractivity contribution in [3.63, 3.8) is 0 Å². The van der Waals surface area contributed by atoms with Crippen LogP contribution in [0.3, 0.4) is 0 Å². The molecule has 8 rings (SSSR count). The minimum atomic E-state index is 0.927. The van der Waals surface area contributed by atoms with Gasteiger partial charge in [0.25, 0.3) is 0 Å². The van der Waals surface area contributed by atoms with Crippen molar-refractivity contribution < 1.29 is 0 Å². The molecule has 0 saturated carbocycles. The summed E-state index contributed by atoms with van der Waals surface area (Å²) in [5.41, 5.74) is 11.3. The number of H-pyrrole nitrogens is 1. The van der Waals surface area contributed by atoms with Crippen molar-refractivity contribution in [3.8, 4) is 11.1 Å². The molecule has 0 fully saturated rings. The van der Waals surface area contributed by atoms with Gasteiger partial charge in [-0.1, -0.05) is 42.5 Å². The van der Waals surface area contributed by atoms with E-state index in [0.29, 0.717) is 0 Å². The summed E-state index contributed by atoms with van der Waals surface area (Å²) in [4.78, 5) is 13.7. The molecule has 4 aromatic heterocycles. The molecule has 0 unspecified atom stereocenters. The van der Waals surface area contributed by atoms with Gasteiger partial charge in [0.2, 0.25) is 0 Å². The van der Waals surface area contributed by atoms with Crippen LogP contribution in [-0.2, 0) is 0 Å². The summed E-state index contributed by atoms with van der Waals surface area (Å²) in [7, 11) is 0. The SMILES string of the molecule is Cc1ccccc1-c1cc2[nH]c3c(ccc4c3c3cccnc3n3c5ccccc5nc43)c2cc1C. The Morgan fingerprint density at radius 1 is 0.667 bits per heavy atom. The zero-order valence-corrected chi connectivity index (χ0v) is 20.0. The molecule has 4 heteroatoms. The third-order valence-electron chi connectivity index (χ3n) is 7.62. The van der Waals surface area contributed by atoms with Crippen molar-refractivity contribution in [1.82, 2.24) is 19.4 Å². The molecule has 1 N–H and O–H groups in total. The number of pyridine rings is 2. The van der Waals surface area contributed by atoms with Crippen molar-refractivity contribution in [2.45, 2.75) is 13.8 Å². The topological polar surface area (TPSA) is 46.0 Å². The summed E-state index contributed by atoms with van der Waals surface area (Å²) in [6.07, 6.45) is 1.87. The maximum absolute atomic E-state index is 5.04. The average Bonchev–Trinajstić information content (AvgIpc) is 3.47. The number of benzene rings is 4. The first-order valence-corrected chi connectivity index (χ1v) is 12.3. The summed E-state index contributed by atoms with van der Waals surface area (Å²) >= 11 is 0. The lowest BCUT2D eigenvalue weighted by Gasteiger charge is -2.10. The van der Waals surface area contributed by atoms with Gasteiger partial charge >= 0.3 is 0 Å². The Morgan fingerprint density at radius 2 is 1.47 bits per heavy atom. The summed E-state index contributed by atoms with van der Waals surface area (Å²) in [5.74, 6) is 0. The van der Waals surface area contributed by atoms with Crippen LogP contribution in [-0.4, -0.2) is 19.4 Å². The van der Waals surface area contributed by atoms with Crippen LogP contribution in [0.1, 0.15) is 11.1 Å². The van der Waals surface area contributed by atoms with Gasteiger partial charge in [-0.3, -0.25) is 4.40 Å². The molecule has 0 aliphatic heterocycles. The maximum atomic E-state index is 5.04. The quantitative estimate of drug-likeness (QED) is 0.250. The summed E-state index contributed by atoms with van der Waals surface area (Å²) < 4.78 is 2.20. The third-order valence-corrected chi connectivity index (χ3v) is 7.62. The van der Waals surface area contributed by atoms with E-state index in [0.717, 1.165) is 44.1 Å². The molecule has 8 aromatic rings. The first kappa shape index (κ1) is 19.6. The van der Waals surface area contributed by atoms with Gasteiger partial charge in [0.1, 0.15) is 11.3 Å². The molecule has 4 aromatic carbocycles. The van der Waals surface area contributed by atoms with Crippen LogP contribution in [0.5, 0.6) is 0 Å². The zero-order chi connectivity index (χ0) is 24.0. The molecule has 0 saturated heterocycles. The van der Waals surface area contributed by atoms with E-state index in [4.69, 9.17) is 9.97 Å². The molecule has 4 nitrogen and oxygen atoms in total. The molecule has 0 atom stereocenters. The molecule has 170 valence electrons. The molecule has 0 aliphatic rings. The first-order chi connectivity index (χ1) is 17.7. The Morgan fingerprint density at radius 3 is 2.39 bits per heavy atom. The molecule has 0 bridgehead atoms. The van der Waals surface area contributed by atoms with Crippen molar-refractivity contribution in [2.24, 2.45) is 0 Å². The number of aryl methyl sites for hydroxylation is 2. The summed E-state index contributed by atoms with van der Waals surface area (Å²) in [6.45, 7) is 4.39. The van der Waals surface area contributed by atoms with E-state index in [2.05, 4.69) is 96.0 Å². The summed E-state index contributed by atoms with van der Waals surface area (Å²) in [6, 6.07) is 30.2. The van der Waals surface area contributed by atoms with E-state index < -0.39 is 0 Å². The van der Waals surface area contributed by atoms with Crippen molar-refractivity contribution >= 4 is 60.3 Å². The van der Waals surface area contributed by atoms with Crippen LogP contribution >= 0.6 is 0 Å². The minimum absolute atomic E-state index is 0.927. The van der Waals surface area contributed by atoms with Gasteiger partial charge in [-0.05, 0) is 78.6 Å². The van der Waals surface area contributed by atoms with Crippen LogP contribution < -0.4 is 0 Å². The third kappa shape index (κ3) is 2.48. The number of aromatic nitrogens is 4. The van der Waals surface area contributed by atoms with Crippen molar-refractivity contribution in [2.75, 3.05) is 0 Å². The minimum Gasteiger partial charge on any atom is -0.354 e. The molecule has 36 heavy (non-hydrogen) atoms. The number of rotatable bonds is 1. The van der Waals surface area contributed by atoms with Crippen molar-refractivity contribution in [1.29, 1.82) is 0 Å². The van der Waals surface area contributed by atoms with E-state index in [1.807, 2.05) is 18.3 Å². The summed E-state index contributed by atoms with van der Waals surface area (Å²) in [5, 5.41) is 5.89. The van der Waals surface area contributed by atoms with Crippen LogP contribution in [0.2, 0.25) is 0 Å². The van der Waals surface area contributed by atoms with Gasteiger partial charge in [0.05, 0.1) is 16.6 Å². The number of hydrogen-bond donors (Lipinski definition) is 1. The van der Waals surface area contributed by atoms with Gasteiger partial charge in [0.15, 0.2) is 0 Å². The van der Waals surface area contributed by atoms with Crippen LogP contribution in [0.25, 0.3) is 71.4 Å². The fourth-order valence-corrected chi connectivity index (χ4v) is 5.95. The van der Waals surface area contributed by atoms with Gasteiger partial charge in [-0.15, -0.1) is 0 Å². The van der Waals surface area contributed by atoms with Gasteiger partial charge < -0.3 is 4.98 Å². The fourth-order valence-electron chi connectivity index (χ4n) is 5.95. The Hall–Kier alpha value is -4.70. The number of nitrogens with one attached hydrogen (secondary N) is 1. The highest BCUT2D eigenvalue weighted by molar-refractivity contribution is 6.26. The molecule has 0 spiro atoms. The van der Waals surface area contributed by atoms with Crippen molar-refractivity contribution in [3.05, 3.63) is 102 Å². The lowest BCUT2D eigenvalue weighted by atomic mass is 9.95. The van der Waals surface area contributed by atoms with E-state index in [-0.39, 0.29) is 0 Å². The smallest absolute Gasteiger partial charge is 0.147 e. The fraction of sp³-hybridized carbons (Fsp3) is 0.0625. The highest BCUT2D eigenvalue weighted by atomic mass is 15.1. The number of para-hydroxylation sites is 2. The second-order valence-corrected chi connectivity index (χ2v) is 9.70. The predicted molar refractivity (Wildman–Crippen MR) is 150 cm³/mol. The lowest BCUT2D eigenvalue weighted by molar-refractivity contribution is 1.23. The van der Waals surface area contributed by atoms with Crippen LogP contribution in [0.4, 0.5) is 0 Å². The normalized spacial score (nSPS) is 12.2. The zero-order valence-electron chi connectivity index (χ0n) is 20.0.